The average Bonchev–Trinajstić information content (AvgIpc) is 3.13. The molecule has 0 aliphatic heterocycles. The van der Waals surface area contributed by atoms with Gasteiger partial charge < -0.3 is 24.8 Å². The third-order valence-electron chi connectivity index (χ3n) is 4.97. The Hall–Kier alpha value is -0.630. The normalized spacial score (nSPS) is 19.0. The molecule has 3 heteroatoms. The Morgan fingerprint density at radius 2 is 1.52 bits per heavy atom. The van der Waals surface area contributed by atoms with E-state index in [-0.39, 0.29) is 50.7 Å². The summed E-state index contributed by atoms with van der Waals surface area (Å²) in [5, 5.41) is 0. The zero-order valence-electron chi connectivity index (χ0n) is 14.3. The molecule has 0 radical (unpaired) electrons. The summed E-state index contributed by atoms with van der Waals surface area (Å²) in [7, 11) is 0. The third kappa shape index (κ3) is 4.21. The summed E-state index contributed by atoms with van der Waals surface area (Å²) in [5.41, 5.74) is 7.25. The largest absolute Gasteiger partial charge is 1.00 e. The molecule has 0 aromatic heterocycles. The first kappa shape index (κ1) is 22.4. The van der Waals surface area contributed by atoms with Gasteiger partial charge in [0.15, 0.2) is 0 Å². The van der Waals surface area contributed by atoms with Crippen molar-refractivity contribution in [3.63, 3.8) is 0 Å². The van der Waals surface area contributed by atoms with E-state index in [1.54, 1.807) is 5.57 Å². The SMILES string of the molecule is CCCCC1=Cc2ccccc2C1C1[C-]=Cc2ccccc21.[Cl-].[Cl-].[Hf]. The van der Waals surface area contributed by atoms with Gasteiger partial charge in [-0.25, -0.2) is 6.08 Å². The third-order valence-corrected chi connectivity index (χ3v) is 4.97. The number of hydrogen-bond donors (Lipinski definition) is 0. The van der Waals surface area contributed by atoms with E-state index in [9.17, 15) is 0 Å². The van der Waals surface area contributed by atoms with Gasteiger partial charge in [0.05, 0.1) is 0 Å². The number of fused-ring (bicyclic) bond motifs is 2. The molecule has 2 aliphatic carbocycles. The molecular formula is C22H21Cl2Hf-3. The van der Waals surface area contributed by atoms with E-state index >= 15 is 0 Å². The van der Waals surface area contributed by atoms with Gasteiger partial charge in [-0.3, -0.25) is 6.08 Å². The van der Waals surface area contributed by atoms with Gasteiger partial charge in [0.25, 0.3) is 0 Å². The van der Waals surface area contributed by atoms with Gasteiger partial charge in [0.2, 0.25) is 0 Å². The van der Waals surface area contributed by atoms with Crippen molar-refractivity contribution < 1.29 is 50.7 Å². The van der Waals surface area contributed by atoms with E-state index in [1.165, 1.54) is 41.5 Å². The summed E-state index contributed by atoms with van der Waals surface area (Å²) in [4.78, 5) is 0. The van der Waals surface area contributed by atoms with E-state index in [2.05, 4.69) is 73.7 Å². The van der Waals surface area contributed by atoms with Crippen LogP contribution in [0.4, 0.5) is 0 Å². The van der Waals surface area contributed by atoms with Crippen molar-refractivity contribution >= 4 is 12.2 Å². The summed E-state index contributed by atoms with van der Waals surface area (Å²) in [6.07, 6.45) is 12.0. The van der Waals surface area contributed by atoms with Crippen molar-refractivity contribution in [1.29, 1.82) is 0 Å². The number of rotatable bonds is 4. The van der Waals surface area contributed by atoms with E-state index in [0.717, 1.165) is 0 Å². The molecule has 2 unspecified atom stereocenters. The maximum absolute atomic E-state index is 3.65. The van der Waals surface area contributed by atoms with Crippen molar-refractivity contribution in [2.75, 3.05) is 0 Å². The molecule has 0 saturated heterocycles. The van der Waals surface area contributed by atoms with Crippen LogP contribution in [0.5, 0.6) is 0 Å². The Kier molecular flexibility index (Phi) is 8.87. The average molecular weight is 535 g/mol. The molecule has 0 saturated carbocycles. The first-order chi connectivity index (χ1) is 10.9. The molecule has 2 aromatic rings. The van der Waals surface area contributed by atoms with Crippen LogP contribution in [0, 0.1) is 6.08 Å². The van der Waals surface area contributed by atoms with Crippen LogP contribution in [-0.2, 0) is 25.8 Å². The van der Waals surface area contributed by atoms with Crippen LogP contribution in [-0.4, -0.2) is 0 Å². The van der Waals surface area contributed by atoms with Crippen molar-refractivity contribution in [3.8, 4) is 0 Å². The maximum atomic E-state index is 3.65. The summed E-state index contributed by atoms with van der Waals surface area (Å²) in [6.45, 7) is 2.27. The number of unbranched alkanes of at least 4 members (excludes halogenated alkanes) is 1. The van der Waals surface area contributed by atoms with Crippen LogP contribution in [0.15, 0.2) is 54.1 Å². The predicted molar refractivity (Wildman–Crippen MR) is 93.6 cm³/mol. The topological polar surface area (TPSA) is 0 Å². The molecule has 0 spiro atoms. The molecule has 130 valence electrons. The zero-order valence-corrected chi connectivity index (χ0v) is 19.4. The van der Waals surface area contributed by atoms with Crippen LogP contribution in [0.3, 0.4) is 0 Å². The molecule has 2 atom stereocenters. The van der Waals surface area contributed by atoms with Crippen LogP contribution in [0.2, 0.25) is 0 Å². The molecule has 2 aromatic carbocycles. The first-order valence-corrected chi connectivity index (χ1v) is 8.36. The molecule has 0 N–H and O–H groups in total. The van der Waals surface area contributed by atoms with Crippen LogP contribution >= 0.6 is 0 Å². The molecule has 0 heterocycles. The summed E-state index contributed by atoms with van der Waals surface area (Å²) in [5.74, 6) is 0.852. The Morgan fingerprint density at radius 3 is 2.24 bits per heavy atom. The van der Waals surface area contributed by atoms with E-state index in [4.69, 9.17) is 0 Å². The van der Waals surface area contributed by atoms with Crippen LogP contribution in [0.1, 0.15) is 60.3 Å². The smallest absolute Gasteiger partial charge is 0 e. The number of allylic oxidation sites excluding steroid dienone is 2. The van der Waals surface area contributed by atoms with Crippen molar-refractivity contribution in [2.45, 2.75) is 38.0 Å². The standard InChI is InChI=1S/C22H21.2ClH.Hf/c1-2-3-8-18-15-17-10-5-7-12-20(17)22(18)21-14-13-16-9-4-6-11-19(16)21;;;/h4-7,9-13,15,21-22H,2-3,8H2,1H3;2*1H;/q-1;;;/p-2. The zero-order chi connectivity index (χ0) is 14.9. The number of hydrogen-bond acceptors (Lipinski definition) is 0. The molecule has 0 nitrogen and oxygen atoms in total. The van der Waals surface area contributed by atoms with Crippen LogP contribution < -0.4 is 24.8 Å². The molecule has 0 bridgehead atoms. The van der Waals surface area contributed by atoms with E-state index < -0.39 is 0 Å². The fraction of sp³-hybridized carbons (Fsp3) is 0.273. The molecule has 4 rings (SSSR count). The Balaban J connectivity index is 0.00000104. The fourth-order valence-corrected chi connectivity index (χ4v) is 3.89. The minimum absolute atomic E-state index is 0. The Bertz CT molecular complexity index is 764. The quantitative estimate of drug-likeness (QED) is 0.382. The van der Waals surface area contributed by atoms with Crippen LogP contribution in [0.25, 0.3) is 12.2 Å². The molecule has 25 heavy (non-hydrogen) atoms. The maximum Gasteiger partial charge on any atom is 0 e. The summed E-state index contributed by atoms with van der Waals surface area (Å²) >= 11 is 0. The van der Waals surface area contributed by atoms with Gasteiger partial charge >= 0.3 is 0 Å². The van der Waals surface area contributed by atoms with Crippen molar-refractivity contribution in [2.24, 2.45) is 0 Å². The Morgan fingerprint density at radius 1 is 0.880 bits per heavy atom. The second-order valence-electron chi connectivity index (χ2n) is 6.35. The van der Waals surface area contributed by atoms with Gasteiger partial charge in [0.1, 0.15) is 0 Å². The van der Waals surface area contributed by atoms with Gasteiger partial charge in [-0.2, -0.15) is 5.56 Å². The molecular weight excluding hydrogens is 514 g/mol. The van der Waals surface area contributed by atoms with Gasteiger partial charge in [0, 0.05) is 25.8 Å². The van der Waals surface area contributed by atoms with Gasteiger partial charge in [-0.1, -0.05) is 73.4 Å². The second kappa shape index (κ2) is 9.90. The predicted octanol–water partition coefficient (Wildman–Crippen LogP) is -0.0233. The molecule has 2 aliphatic rings. The monoisotopic (exact) mass is 535 g/mol. The molecule has 0 fully saturated rings. The second-order valence-corrected chi connectivity index (χ2v) is 6.35. The minimum atomic E-state index is 0. The van der Waals surface area contributed by atoms with Gasteiger partial charge in [-0.15, -0.1) is 11.6 Å². The summed E-state index contributed by atoms with van der Waals surface area (Å²) < 4.78 is 0. The van der Waals surface area contributed by atoms with E-state index in [0.29, 0.717) is 11.8 Å². The molecule has 0 amide bonds. The summed E-state index contributed by atoms with van der Waals surface area (Å²) in [6, 6.07) is 17.6. The number of halogens is 2. The van der Waals surface area contributed by atoms with E-state index in [1.807, 2.05) is 0 Å². The first-order valence-electron chi connectivity index (χ1n) is 8.36. The number of benzene rings is 2. The Labute approximate surface area is 182 Å². The van der Waals surface area contributed by atoms with Crippen molar-refractivity contribution in [1.82, 2.24) is 0 Å². The van der Waals surface area contributed by atoms with Crippen molar-refractivity contribution in [3.05, 3.63) is 82.4 Å². The van der Waals surface area contributed by atoms with Gasteiger partial charge in [-0.05, 0) is 29.9 Å². The fourth-order valence-electron chi connectivity index (χ4n) is 3.89. The minimum Gasteiger partial charge on any atom is -1.00 e.